The van der Waals surface area contributed by atoms with Gasteiger partial charge in [0.1, 0.15) is 12.0 Å². The van der Waals surface area contributed by atoms with Crippen molar-refractivity contribution in [2.45, 2.75) is 0 Å². The van der Waals surface area contributed by atoms with Crippen molar-refractivity contribution in [3.63, 3.8) is 0 Å². The largest absolute Gasteiger partial charge is 0.382 e. The molecule has 86 valence electrons. The Bertz CT molecular complexity index is 458. The first-order chi connectivity index (χ1) is 7.49. The van der Waals surface area contributed by atoms with Crippen molar-refractivity contribution in [1.29, 1.82) is 0 Å². The molecule has 0 saturated heterocycles. The molecule has 0 atom stereocenters. The number of hydrogen-bond donors (Lipinski definition) is 1. The molecule has 0 bridgehead atoms. The zero-order valence-electron chi connectivity index (χ0n) is 8.94. The fraction of sp³-hybridized carbons (Fsp3) is 0.250. The first-order valence-corrected chi connectivity index (χ1v) is 4.35. The van der Waals surface area contributed by atoms with E-state index in [1.807, 2.05) is 7.05 Å². The van der Waals surface area contributed by atoms with E-state index in [1.165, 1.54) is 17.1 Å². The molecule has 0 fully saturated rings. The highest BCUT2D eigenvalue weighted by Gasteiger charge is 2.05. The molecule has 16 heavy (non-hydrogen) atoms. The lowest BCUT2D eigenvalue weighted by Crippen LogP contribution is -1.86. The van der Waals surface area contributed by atoms with E-state index in [4.69, 9.17) is 5.73 Å². The molecular formula is C8H12N6O2. The Morgan fingerprint density at radius 2 is 1.81 bits per heavy atom. The predicted octanol–water partition coefficient (Wildman–Crippen LogP) is 0.331. The third-order valence-electron chi connectivity index (χ3n) is 1.60. The average molecular weight is 224 g/mol. The summed E-state index contributed by atoms with van der Waals surface area (Å²) < 4.78 is 3.33. The summed E-state index contributed by atoms with van der Waals surface area (Å²) in [5.74, 6) is 0.458. The molecule has 8 heteroatoms. The molecule has 0 aromatic carbocycles. The van der Waals surface area contributed by atoms with Gasteiger partial charge in [0.25, 0.3) is 0 Å². The van der Waals surface area contributed by atoms with Gasteiger partial charge >= 0.3 is 5.82 Å². The van der Waals surface area contributed by atoms with Crippen LogP contribution in [0.2, 0.25) is 0 Å². The minimum atomic E-state index is -0.528. The second-order valence-electron chi connectivity index (χ2n) is 3.12. The van der Waals surface area contributed by atoms with Gasteiger partial charge in [-0.3, -0.25) is 0 Å². The van der Waals surface area contributed by atoms with E-state index in [2.05, 4.69) is 9.97 Å². The van der Waals surface area contributed by atoms with Crippen LogP contribution in [-0.2, 0) is 14.1 Å². The monoisotopic (exact) mass is 224 g/mol. The van der Waals surface area contributed by atoms with Gasteiger partial charge in [0.15, 0.2) is 0 Å². The molecule has 0 spiro atoms. The van der Waals surface area contributed by atoms with E-state index >= 15 is 0 Å². The molecule has 2 rings (SSSR count). The second kappa shape index (κ2) is 4.91. The van der Waals surface area contributed by atoms with Crippen molar-refractivity contribution in [3.8, 4) is 0 Å². The van der Waals surface area contributed by atoms with Crippen LogP contribution in [0.3, 0.4) is 0 Å². The molecule has 0 aliphatic heterocycles. The number of nitro groups is 1. The summed E-state index contributed by atoms with van der Waals surface area (Å²) in [5, 5.41) is 9.94. The minimum Gasteiger partial charge on any atom is -0.382 e. The minimum absolute atomic E-state index is 0.113. The van der Waals surface area contributed by atoms with E-state index in [-0.39, 0.29) is 5.82 Å². The van der Waals surface area contributed by atoms with Crippen molar-refractivity contribution >= 4 is 11.6 Å². The lowest BCUT2D eigenvalue weighted by atomic mass is 10.8. The molecule has 0 saturated carbocycles. The van der Waals surface area contributed by atoms with Gasteiger partial charge in [-0.2, -0.15) is 0 Å². The van der Waals surface area contributed by atoms with Crippen molar-refractivity contribution in [1.82, 2.24) is 19.1 Å². The Hall–Kier alpha value is -2.38. The summed E-state index contributed by atoms with van der Waals surface area (Å²) in [7, 11) is 3.56. The topological polar surface area (TPSA) is 105 Å². The number of nitrogens with zero attached hydrogens (tertiary/aromatic N) is 5. The fourth-order valence-corrected chi connectivity index (χ4v) is 0.926. The van der Waals surface area contributed by atoms with Gasteiger partial charge in [-0.15, -0.1) is 0 Å². The zero-order chi connectivity index (χ0) is 12.1. The molecule has 2 aromatic heterocycles. The summed E-state index contributed by atoms with van der Waals surface area (Å²) in [5.41, 5.74) is 5.25. The SMILES string of the molecule is Cn1cnc(N)c1.Cn1cnc([N+](=O)[O-])c1. The maximum Gasteiger partial charge on any atom is 0.381 e. The molecule has 0 aliphatic carbocycles. The van der Waals surface area contributed by atoms with Gasteiger partial charge in [0.2, 0.25) is 6.33 Å². The predicted molar refractivity (Wildman–Crippen MR) is 57.5 cm³/mol. The first-order valence-electron chi connectivity index (χ1n) is 4.35. The maximum atomic E-state index is 9.94. The van der Waals surface area contributed by atoms with Crippen LogP contribution in [-0.4, -0.2) is 24.0 Å². The molecule has 8 nitrogen and oxygen atoms in total. The molecule has 0 unspecified atom stereocenters. The van der Waals surface area contributed by atoms with Crippen molar-refractivity contribution in [3.05, 3.63) is 35.2 Å². The molecular weight excluding hydrogens is 212 g/mol. The average Bonchev–Trinajstić information content (AvgIpc) is 2.76. The number of aryl methyl sites for hydroxylation is 2. The highest BCUT2D eigenvalue weighted by Crippen LogP contribution is 2.02. The second-order valence-corrected chi connectivity index (χ2v) is 3.12. The highest BCUT2D eigenvalue weighted by molar-refractivity contribution is 5.21. The summed E-state index contributed by atoms with van der Waals surface area (Å²) in [6, 6.07) is 0. The van der Waals surface area contributed by atoms with Crippen LogP contribution >= 0.6 is 0 Å². The normalized spacial score (nSPS) is 9.38. The van der Waals surface area contributed by atoms with Gasteiger partial charge in [-0.25, -0.2) is 4.98 Å². The van der Waals surface area contributed by atoms with E-state index in [0.29, 0.717) is 5.82 Å². The van der Waals surface area contributed by atoms with Crippen LogP contribution in [0.15, 0.2) is 25.0 Å². The Morgan fingerprint density at radius 3 is 2.00 bits per heavy atom. The molecule has 0 amide bonds. The molecule has 0 aliphatic rings. The number of nitrogen functional groups attached to an aromatic ring is 1. The third kappa shape index (κ3) is 3.40. The number of aromatic nitrogens is 4. The summed E-state index contributed by atoms with van der Waals surface area (Å²) >= 11 is 0. The van der Waals surface area contributed by atoms with E-state index in [9.17, 15) is 10.1 Å². The maximum absolute atomic E-state index is 9.94. The smallest absolute Gasteiger partial charge is 0.381 e. The Labute approximate surface area is 91.5 Å². The van der Waals surface area contributed by atoms with Gasteiger partial charge in [0.05, 0.1) is 6.33 Å². The molecule has 2 aromatic rings. The number of rotatable bonds is 1. The number of imidazole rings is 2. The van der Waals surface area contributed by atoms with Crippen LogP contribution in [0.25, 0.3) is 0 Å². The third-order valence-corrected chi connectivity index (χ3v) is 1.60. The van der Waals surface area contributed by atoms with Crippen LogP contribution in [0.4, 0.5) is 11.6 Å². The van der Waals surface area contributed by atoms with Crippen LogP contribution in [0.1, 0.15) is 0 Å². The van der Waals surface area contributed by atoms with E-state index < -0.39 is 4.92 Å². The van der Waals surface area contributed by atoms with Crippen molar-refractivity contribution < 1.29 is 4.92 Å². The van der Waals surface area contributed by atoms with Crippen LogP contribution in [0.5, 0.6) is 0 Å². The van der Waals surface area contributed by atoms with Gasteiger partial charge in [-0.1, -0.05) is 0 Å². The first kappa shape index (κ1) is 11.7. The van der Waals surface area contributed by atoms with Crippen molar-refractivity contribution in [2.24, 2.45) is 14.1 Å². The van der Waals surface area contributed by atoms with Crippen LogP contribution in [0, 0.1) is 10.1 Å². The number of nitrogens with two attached hydrogens (primary N) is 1. The fourth-order valence-electron chi connectivity index (χ4n) is 0.926. The standard InChI is InChI=1S/C4H5N3O2.C4H7N3/c1-6-2-4(5-3-6)7(8)9;1-7-2-4(5)6-3-7/h2-3H,1H3;2-3H,5H2,1H3. The van der Waals surface area contributed by atoms with E-state index in [1.54, 1.807) is 24.1 Å². The Kier molecular flexibility index (Phi) is 3.59. The molecule has 2 N–H and O–H groups in total. The Morgan fingerprint density at radius 1 is 1.25 bits per heavy atom. The van der Waals surface area contributed by atoms with Crippen molar-refractivity contribution in [2.75, 3.05) is 5.73 Å². The van der Waals surface area contributed by atoms with E-state index in [0.717, 1.165) is 0 Å². The van der Waals surface area contributed by atoms with Gasteiger partial charge in [-0.05, 0) is 9.91 Å². The Balaban J connectivity index is 0.000000165. The lowest BCUT2D eigenvalue weighted by molar-refractivity contribution is -0.389. The van der Waals surface area contributed by atoms with Crippen LogP contribution < -0.4 is 5.73 Å². The summed E-state index contributed by atoms with van der Waals surface area (Å²) in [6.07, 6.45) is 6.15. The number of anilines is 1. The highest BCUT2D eigenvalue weighted by atomic mass is 16.6. The lowest BCUT2D eigenvalue weighted by Gasteiger charge is -1.82. The van der Waals surface area contributed by atoms with Gasteiger partial charge in [0, 0.05) is 20.3 Å². The zero-order valence-corrected chi connectivity index (χ0v) is 8.94. The summed E-state index contributed by atoms with van der Waals surface area (Å²) in [4.78, 5) is 16.7. The molecule has 2 heterocycles. The molecule has 0 radical (unpaired) electrons. The van der Waals surface area contributed by atoms with Gasteiger partial charge < -0.3 is 25.0 Å². The number of hydrogen-bond acceptors (Lipinski definition) is 5. The summed E-state index contributed by atoms with van der Waals surface area (Å²) in [6.45, 7) is 0. The quantitative estimate of drug-likeness (QED) is 0.555.